The van der Waals surface area contributed by atoms with Gasteiger partial charge in [0, 0.05) is 7.05 Å². The van der Waals surface area contributed by atoms with Crippen molar-refractivity contribution >= 4 is 11.6 Å². The number of para-hydroxylation sites is 1. The number of aryl methyl sites for hydroxylation is 1. The maximum absolute atomic E-state index is 13.6. The largest absolute Gasteiger partial charge is 0.316 e. The molecule has 23 heavy (non-hydrogen) atoms. The lowest BCUT2D eigenvalue weighted by atomic mass is 10.1. The Morgan fingerprint density at radius 2 is 1.70 bits per heavy atom. The van der Waals surface area contributed by atoms with Crippen molar-refractivity contribution in [3.8, 4) is 11.3 Å². The van der Waals surface area contributed by atoms with Gasteiger partial charge in [-0.15, -0.1) is 0 Å². The maximum Gasteiger partial charge on any atom is 0.276 e. The van der Waals surface area contributed by atoms with Crippen LogP contribution >= 0.6 is 0 Å². The first-order valence-corrected chi connectivity index (χ1v) is 6.91. The van der Waals surface area contributed by atoms with Crippen molar-refractivity contribution in [2.45, 2.75) is 0 Å². The van der Waals surface area contributed by atoms with Crippen molar-refractivity contribution in [2.75, 3.05) is 5.32 Å². The zero-order chi connectivity index (χ0) is 16.4. The number of nitrogens with zero attached hydrogens (tertiary/aromatic N) is 2. The van der Waals surface area contributed by atoms with E-state index < -0.39 is 23.2 Å². The molecule has 0 aliphatic heterocycles. The van der Waals surface area contributed by atoms with Gasteiger partial charge < -0.3 is 5.32 Å². The normalized spacial score (nSPS) is 10.6. The van der Waals surface area contributed by atoms with Gasteiger partial charge in [0.15, 0.2) is 5.69 Å². The van der Waals surface area contributed by atoms with E-state index in [1.165, 1.54) is 6.07 Å². The van der Waals surface area contributed by atoms with Gasteiger partial charge in [-0.3, -0.25) is 9.48 Å². The predicted molar refractivity (Wildman–Crippen MR) is 83.0 cm³/mol. The summed E-state index contributed by atoms with van der Waals surface area (Å²) in [6.07, 6.45) is 0. The molecule has 0 radical (unpaired) electrons. The number of carbonyl (C=O) groups excluding carboxylic acids is 1. The van der Waals surface area contributed by atoms with Crippen LogP contribution in [0, 0.1) is 11.6 Å². The van der Waals surface area contributed by atoms with Gasteiger partial charge in [-0.1, -0.05) is 36.4 Å². The molecule has 3 rings (SSSR count). The molecular formula is C17H13F2N3O. The minimum atomic E-state index is -0.836. The van der Waals surface area contributed by atoms with E-state index in [1.54, 1.807) is 17.8 Å². The van der Waals surface area contributed by atoms with Crippen LogP contribution in [-0.4, -0.2) is 15.7 Å². The number of aromatic nitrogens is 2. The third kappa shape index (κ3) is 2.96. The Morgan fingerprint density at radius 3 is 2.35 bits per heavy atom. The first kappa shape index (κ1) is 14.9. The zero-order valence-corrected chi connectivity index (χ0v) is 12.3. The molecule has 0 saturated carbocycles. The molecule has 1 aromatic heterocycles. The summed E-state index contributed by atoms with van der Waals surface area (Å²) in [5.41, 5.74) is 1.21. The Hall–Kier alpha value is -3.02. The maximum atomic E-state index is 13.6. The molecule has 116 valence electrons. The van der Waals surface area contributed by atoms with Crippen molar-refractivity contribution in [1.29, 1.82) is 0 Å². The van der Waals surface area contributed by atoms with Crippen LogP contribution in [0.3, 0.4) is 0 Å². The topological polar surface area (TPSA) is 46.9 Å². The highest BCUT2D eigenvalue weighted by atomic mass is 19.1. The van der Waals surface area contributed by atoms with E-state index in [0.717, 1.165) is 23.4 Å². The van der Waals surface area contributed by atoms with E-state index >= 15 is 0 Å². The molecule has 3 aromatic rings. The minimum Gasteiger partial charge on any atom is -0.316 e. The number of hydrogen-bond acceptors (Lipinski definition) is 2. The third-order valence-electron chi connectivity index (χ3n) is 3.38. The van der Waals surface area contributed by atoms with E-state index in [0.29, 0.717) is 0 Å². The molecule has 1 amide bonds. The lowest BCUT2D eigenvalue weighted by Crippen LogP contribution is -2.15. The van der Waals surface area contributed by atoms with Crippen LogP contribution < -0.4 is 5.32 Å². The lowest BCUT2D eigenvalue weighted by Gasteiger charge is -2.05. The first-order chi connectivity index (χ1) is 11.1. The summed E-state index contributed by atoms with van der Waals surface area (Å²) >= 11 is 0. The van der Waals surface area contributed by atoms with Crippen LogP contribution in [0.15, 0.2) is 54.6 Å². The van der Waals surface area contributed by atoms with E-state index in [1.807, 2.05) is 30.3 Å². The summed E-state index contributed by atoms with van der Waals surface area (Å²) in [7, 11) is 1.70. The van der Waals surface area contributed by atoms with Gasteiger partial charge >= 0.3 is 0 Å². The highest BCUT2D eigenvalue weighted by Gasteiger charge is 2.17. The van der Waals surface area contributed by atoms with Gasteiger partial charge in [-0.25, -0.2) is 8.78 Å². The molecule has 0 unspecified atom stereocenters. The smallest absolute Gasteiger partial charge is 0.276 e. The van der Waals surface area contributed by atoms with Gasteiger partial charge in [0.05, 0.1) is 5.69 Å². The SMILES string of the molecule is Cn1nc(C(=O)Nc2c(F)cccc2F)cc1-c1ccccc1. The average Bonchev–Trinajstić information content (AvgIpc) is 2.94. The van der Waals surface area contributed by atoms with E-state index in [-0.39, 0.29) is 5.69 Å². The summed E-state index contributed by atoms with van der Waals surface area (Å²) in [5, 5.41) is 6.32. The van der Waals surface area contributed by atoms with Crippen LogP contribution in [0.5, 0.6) is 0 Å². The molecule has 4 nitrogen and oxygen atoms in total. The number of halogens is 2. The van der Waals surface area contributed by atoms with E-state index in [4.69, 9.17) is 0 Å². The molecule has 1 N–H and O–H groups in total. The van der Waals surface area contributed by atoms with Gasteiger partial charge in [0.1, 0.15) is 17.3 Å². The molecule has 6 heteroatoms. The monoisotopic (exact) mass is 313 g/mol. The van der Waals surface area contributed by atoms with Crippen molar-refractivity contribution in [3.63, 3.8) is 0 Å². The Labute approximate surface area is 131 Å². The molecular weight excluding hydrogens is 300 g/mol. The number of carbonyl (C=O) groups is 1. The molecule has 0 saturated heterocycles. The fourth-order valence-electron chi connectivity index (χ4n) is 2.25. The van der Waals surface area contributed by atoms with Gasteiger partial charge in [-0.05, 0) is 23.8 Å². The van der Waals surface area contributed by atoms with Crippen LogP contribution in [0.25, 0.3) is 11.3 Å². The predicted octanol–water partition coefficient (Wildman–Crippen LogP) is 3.62. The van der Waals surface area contributed by atoms with Crippen LogP contribution in [0.4, 0.5) is 14.5 Å². The fourth-order valence-corrected chi connectivity index (χ4v) is 2.25. The Kier molecular flexibility index (Phi) is 3.89. The first-order valence-electron chi connectivity index (χ1n) is 6.91. The molecule has 0 aliphatic rings. The quantitative estimate of drug-likeness (QED) is 0.803. The number of hydrogen-bond donors (Lipinski definition) is 1. The molecule has 2 aromatic carbocycles. The number of anilines is 1. The number of benzene rings is 2. The zero-order valence-electron chi connectivity index (χ0n) is 12.3. The highest BCUT2D eigenvalue weighted by Crippen LogP contribution is 2.22. The standard InChI is InChI=1S/C17H13F2N3O/c1-22-15(11-6-3-2-4-7-11)10-14(21-22)17(23)20-16-12(18)8-5-9-13(16)19/h2-10H,1H3,(H,20,23). The van der Waals surface area contributed by atoms with Gasteiger partial charge in [0.2, 0.25) is 0 Å². The van der Waals surface area contributed by atoms with Crippen molar-refractivity contribution in [2.24, 2.45) is 7.05 Å². The number of amides is 1. The van der Waals surface area contributed by atoms with Gasteiger partial charge in [0.25, 0.3) is 5.91 Å². The van der Waals surface area contributed by atoms with Gasteiger partial charge in [-0.2, -0.15) is 5.10 Å². The van der Waals surface area contributed by atoms with Crippen molar-refractivity contribution in [3.05, 3.63) is 71.9 Å². The van der Waals surface area contributed by atoms with E-state index in [9.17, 15) is 13.6 Å². The summed E-state index contributed by atoms with van der Waals surface area (Å²) < 4.78 is 28.7. The molecule has 0 atom stereocenters. The second kappa shape index (κ2) is 6.00. The minimum absolute atomic E-state index is 0.0778. The summed E-state index contributed by atoms with van der Waals surface area (Å²) in [5.74, 6) is -2.35. The lowest BCUT2D eigenvalue weighted by molar-refractivity contribution is 0.102. The Balaban J connectivity index is 1.90. The molecule has 0 spiro atoms. The van der Waals surface area contributed by atoms with Crippen LogP contribution in [0.2, 0.25) is 0 Å². The second-order valence-corrected chi connectivity index (χ2v) is 4.96. The summed E-state index contributed by atoms with van der Waals surface area (Å²) in [6.45, 7) is 0. The van der Waals surface area contributed by atoms with Crippen molar-refractivity contribution < 1.29 is 13.6 Å². The van der Waals surface area contributed by atoms with Crippen LogP contribution in [-0.2, 0) is 7.05 Å². The Morgan fingerprint density at radius 1 is 1.04 bits per heavy atom. The average molecular weight is 313 g/mol. The third-order valence-corrected chi connectivity index (χ3v) is 3.38. The molecule has 1 heterocycles. The Bertz CT molecular complexity index is 839. The highest BCUT2D eigenvalue weighted by molar-refractivity contribution is 6.03. The molecule has 0 fully saturated rings. The summed E-state index contributed by atoms with van der Waals surface area (Å²) in [4.78, 5) is 12.2. The second-order valence-electron chi connectivity index (χ2n) is 4.96. The van der Waals surface area contributed by atoms with Crippen LogP contribution in [0.1, 0.15) is 10.5 Å². The number of rotatable bonds is 3. The van der Waals surface area contributed by atoms with Crippen molar-refractivity contribution in [1.82, 2.24) is 9.78 Å². The number of nitrogens with one attached hydrogen (secondary N) is 1. The molecule has 0 bridgehead atoms. The molecule has 0 aliphatic carbocycles. The fraction of sp³-hybridized carbons (Fsp3) is 0.0588. The van der Waals surface area contributed by atoms with E-state index in [2.05, 4.69) is 10.4 Å². The summed E-state index contributed by atoms with van der Waals surface area (Å²) in [6, 6.07) is 14.4.